The zero-order valence-corrected chi connectivity index (χ0v) is 10.4. The van der Waals surface area contributed by atoms with Crippen molar-refractivity contribution in [3.63, 3.8) is 0 Å². The first-order valence-electron chi connectivity index (χ1n) is 6.31. The van der Waals surface area contributed by atoms with Gasteiger partial charge >= 0.3 is 0 Å². The summed E-state index contributed by atoms with van der Waals surface area (Å²) >= 11 is 0. The fraction of sp³-hybridized carbons (Fsp3) is 1.00. The van der Waals surface area contributed by atoms with Gasteiger partial charge in [-0.25, -0.2) is 0 Å². The maximum atomic E-state index is 2.51. The average Bonchev–Trinajstić information content (AvgIpc) is 2.69. The predicted molar refractivity (Wildman–Crippen MR) is 66.0 cm³/mol. The Labute approximate surface area is 90.0 Å². The molecule has 0 N–H and O–H groups in total. The lowest BCUT2D eigenvalue weighted by Gasteiger charge is -2.62. The SMILES string of the molecule is BC(B)(C1C2CCC23CC13)C(C)(C)C. The first-order chi connectivity index (χ1) is 6.31. The Kier molecular flexibility index (Phi) is 1.42. The van der Waals surface area contributed by atoms with Gasteiger partial charge in [0.25, 0.3) is 0 Å². The van der Waals surface area contributed by atoms with Crippen molar-refractivity contribution in [2.45, 2.75) is 45.2 Å². The lowest BCUT2D eigenvalue weighted by molar-refractivity contribution is -0.0668. The molecule has 3 aliphatic carbocycles. The second-order valence-corrected chi connectivity index (χ2v) is 7.69. The van der Waals surface area contributed by atoms with Crippen LogP contribution in [0.25, 0.3) is 0 Å². The minimum Gasteiger partial charge on any atom is -0.0766 e. The van der Waals surface area contributed by atoms with Crippen LogP contribution in [0.5, 0.6) is 0 Å². The third-order valence-corrected chi connectivity index (χ3v) is 6.47. The van der Waals surface area contributed by atoms with E-state index in [1.807, 2.05) is 0 Å². The molecule has 76 valence electrons. The molecular weight excluding hydrogens is 166 g/mol. The molecule has 0 aromatic heterocycles. The van der Waals surface area contributed by atoms with Gasteiger partial charge in [-0.15, -0.1) is 0 Å². The summed E-state index contributed by atoms with van der Waals surface area (Å²) in [7, 11) is 5.02. The maximum absolute atomic E-state index is 2.51. The van der Waals surface area contributed by atoms with Crippen molar-refractivity contribution in [2.75, 3.05) is 0 Å². The molecule has 3 aliphatic rings. The molecule has 0 heterocycles. The number of hydrogen-bond acceptors (Lipinski definition) is 0. The minimum absolute atomic E-state index is 0.474. The van der Waals surface area contributed by atoms with Gasteiger partial charge in [0, 0.05) is 0 Å². The lowest BCUT2D eigenvalue weighted by atomic mass is 9.30. The molecule has 0 amide bonds. The first kappa shape index (κ1) is 9.36. The van der Waals surface area contributed by atoms with Crippen molar-refractivity contribution in [3.8, 4) is 0 Å². The van der Waals surface area contributed by atoms with E-state index in [0.29, 0.717) is 10.6 Å². The molecule has 0 bridgehead atoms. The van der Waals surface area contributed by atoms with Crippen LogP contribution in [-0.2, 0) is 0 Å². The topological polar surface area (TPSA) is 0 Å². The predicted octanol–water partition coefficient (Wildman–Crippen LogP) is 1.46. The first-order valence-corrected chi connectivity index (χ1v) is 6.31. The quantitative estimate of drug-likeness (QED) is 0.546. The van der Waals surface area contributed by atoms with Crippen LogP contribution in [0, 0.1) is 28.6 Å². The zero-order chi connectivity index (χ0) is 10.4. The average molecular weight is 188 g/mol. The number of rotatable bonds is 1. The molecule has 0 aliphatic heterocycles. The van der Waals surface area contributed by atoms with Crippen LogP contribution < -0.4 is 0 Å². The normalized spacial score (nSPS) is 49.8. The maximum Gasteiger partial charge on any atom is 0.100 e. The standard InChI is InChI=1S/C12H22B2/c1-10(2,3)12(13,14)9-7-4-5-11(7)6-8(9)11/h7-9H,4-6,13-14H2,1-3H3. The summed E-state index contributed by atoms with van der Waals surface area (Å²) in [5, 5.41) is 0.544. The van der Waals surface area contributed by atoms with Crippen LogP contribution in [0.3, 0.4) is 0 Å². The Morgan fingerprint density at radius 2 is 1.79 bits per heavy atom. The summed E-state index contributed by atoms with van der Waals surface area (Å²) in [6.45, 7) is 7.27. The van der Waals surface area contributed by atoms with E-state index in [-0.39, 0.29) is 0 Å². The van der Waals surface area contributed by atoms with E-state index in [2.05, 4.69) is 36.5 Å². The highest BCUT2D eigenvalue weighted by atomic mass is 14.8. The van der Waals surface area contributed by atoms with Crippen LogP contribution in [0.1, 0.15) is 40.0 Å². The third-order valence-electron chi connectivity index (χ3n) is 6.47. The van der Waals surface area contributed by atoms with Gasteiger partial charge in [0.05, 0.1) is 0 Å². The van der Waals surface area contributed by atoms with E-state index in [1.165, 1.54) is 0 Å². The fourth-order valence-electron chi connectivity index (χ4n) is 4.44. The van der Waals surface area contributed by atoms with E-state index >= 15 is 0 Å². The molecule has 0 radical (unpaired) electrons. The van der Waals surface area contributed by atoms with Gasteiger partial charge in [-0.1, -0.05) is 26.0 Å². The number of hydrogen-bond donors (Lipinski definition) is 0. The Morgan fingerprint density at radius 1 is 1.14 bits per heavy atom. The van der Waals surface area contributed by atoms with Gasteiger partial charge in [-0.3, -0.25) is 0 Å². The van der Waals surface area contributed by atoms with E-state index in [1.54, 1.807) is 19.3 Å². The molecule has 0 aromatic rings. The summed E-state index contributed by atoms with van der Waals surface area (Å²) < 4.78 is 0. The molecule has 0 saturated heterocycles. The Hall–Kier alpha value is 0.130. The Balaban J connectivity index is 1.84. The van der Waals surface area contributed by atoms with Crippen molar-refractivity contribution in [1.29, 1.82) is 0 Å². The van der Waals surface area contributed by atoms with Crippen molar-refractivity contribution in [1.82, 2.24) is 0 Å². The largest absolute Gasteiger partial charge is 0.100 e. The Morgan fingerprint density at radius 3 is 2.07 bits per heavy atom. The van der Waals surface area contributed by atoms with Gasteiger partial charge in [0.15, 0.2) is 0 Å². The van der Waals surface area contributed by atoms with Crippen LogP contribution >= 0.6 is 0 Å². The second-order valence-electron chi connectivity index (χ2n) is 7.69. The summed E-state index contributed by atoms with van der Waals surface area (Å²) in [5.74, 6) is 3.31. The fourth-order valence-corrected chi connectivity index (χ4v) is 4.44. The third kappa shape index (κ3) is 0.772. The van der Waals surface area contributed by atoms with E-state index in [0.717, 1.165) is 23.2 Å². The van der Waals surface area contributed by atoms with Crippen LogP contribution in [0.15, 0.2) is 0 Å². The highest BCUT2D eigenvalue weighted by Crippen LogP contribution is 2.87. The monoisotopic (exact) mass is 188 g/mol. The smallest absolute Gasteiger partial charge is 0.0766 e. The minimum atomic E-state index is 0.474. The van der Waals surface area contributed by atoms with E-state index < -0.39 is 0 Å². The molecule has 3 fully saturated rings. The molecular formula is C12H22B2. The van der Waals surface area contributed by atoms with Gasteiger partial charge < -0.3 is 0 Å². The second kappa shape index (κ2) is 2.13. The van der Waals surface area contributed by atoms with Crippen LogP contribution in [0.2, 0.25) is 5.21 Å². The molecule has 0 aromatic carbocycles. The highest BCUT2D eigenvalue weighted by molar-refractivity contribution is 6.40. The molecule has 3 saturated carbocycles. The Bertz CT molecular complexity index is 289. The summed E-state index contributed by atoms with van der Waals surface area (Å²) in [4.78, 5) is 0. The highest BCUT2D eigenvalue weighted by Gasteiger charge is 2.79. The summed E-state index contributed by atoms with van der Waals surface area (Å²) in [6.07, 6.45) is 4.70. The van der Waals surface area contributed by atoms with Crippen molar-refractivity contribution < 1.29 is 0 Å². The van der Waals surface area contributed by atoms with Gasteiger partial charge in [0.1, 0.15) is 15.7 Å². The summed E-state index contributed by atoms with van der Waals surface area (Å²) in [5.41, 5.74) is 1.40. The molecule has 0 nitrogen and oxygen atoms in total. The molecule has 4 atom stereocenters. The molecule has 1 spiro atoms. The lowest BCUT2D eigenvalue weighted by Crippen LogP contribution is -2.55. The van der Waals surface area contributed by atoms with Crippen molar-refractivity contribution >= 4 is 15.7 Å². The van der Waals surface area contributed by atoms with Crippen molar-refractivity contribution in [3.05, 3.63) is 0 Å². The molecule has 4 unspecified atom stereocenters. The van der Waals surface area contributed by atoms with Gasteiger partial charge in [-0.2, -0.15) is 0 Å². The van der Waals surface area contributed by atoms with E-state index in [9.17, 15) is 0 Å². The van der Waals surface area contributed by atoms with Gasteiger partial charge in [0.2, 0.25) is 0 Å². The van der Waals surface area contributed by atoms with E-state index in [4.69, 9.17) is 0 Å². The van der Waals surface area contributed by atoms with Gasteiger partial charge in [-0.05, 0) is 47.8 Å². The molecule has 3 rings (SSSR count). The van der Waals surface area contributed by atoms with Crippen LogP contribution in [-0.4, -0.2) is 15.7 Å². The summed E-state index contributed by atoms with van der Waals surface area (Å²) in [6, 6.07) is 0. The van der Waals surface area contributed by atoms with Crippen LogP contribution in [0.4, 0.5) is 0 Å². The molecule has 14 heavy (non-hydrogen) atoms. The zero-order valence-electron chi connectivity index (χ0n) is 10.4. The molecule has 2 heteroatoms. The van der Waals surface area contributed by atoms with Crippen molar-refractivity contribution in [2.24, 2.45) is 28.6 Å².